The van der Waals surface area contributed by atoms with Crippen LogP contribution in [0.15, 0.2) is 90.1 Å². The van der Waals surface area contributed by atoms with E-state index < -0.39 is 0 Å². The molecule has 31 heavy (non-hydrogen) atoms. The van der Waals surface area contributed by atoms with Crippen molar-refractivity contribution in [3.05, 3.63) is 84.9 Å². The van der Waals surface area contributed by atoms with Crippen LogP contribution in [0.4, 0.5) is 5.69 Å². The first-order valence-electron chi connectivity index (χ1n) is 9.87. The number of thioether (sulfide) groups is 1. The summed E-state index contributed by atoms with van der Waals surface area (Å²) in [5, 5.41) is 15.1. The van der Waals surface area contributed by atoms with Crippen LogP contribution in [0.5, 0.6) is 11.5 Å². The summed E-state index contributed by atoms with van der Waals surface area (Å²) in [5.74, 6) is 1.36. The highest BCUT2D eigenvalue weighted by atomic mass is 32.2. The molecule has 0 bridgehead atoms. The molecule has 1 atom stereocenters. The van der Waals surface area contributed by atoms with Crippen LogP contribution in [0.25, 0.3) is 5.69 Å². The Morgan fingerprint density at radius 1 is 0.968 bits per heavy atom. The van der Waals surface area contributed by atoms with Crippen molar-refractivity contribution in [1.82, 2.24) is 20.2 Å². The van der Waals surface area contributed by atoms with Gasteiger partial charge in [0.05, 0.1) is 10.9 Å². The van der Waals surface area contributed by atoms with Crippen molar-refractivity contribution >= 4 is 23.4 Å². The summed E-state index contributed by atoms with van der Waals surface area (Å²) >= 11 is 1.34. The maximum absolute atomic E-state index is 12.9. The number of para-hydroxylation sites is 2. The summed E-state index contributed by atoms with van der Waals surface area (Å²) in [5.41, 5.74) is 1.55. The zero-order valence-electron chi connectivity index (χ0n) is 16.9. The molecule has 156 valence electrons. The van der Waals surface area contributed by atoms with E-state index in [-0.39, 0.29) is 11.2 Å². The summed E-state index contributed by atoms with van der Waals surface area (Å²) in [4.78, 5) is 12.9. The average molecular weight is 432 g/mol. The van der Waals surface area contributed by atoms with Gasteiger partial charge in [-0.3, -0.25) is 4.79 Å². The van der Waals surface area contributed by atoms with Gasteiger partial charge in [0.15, 0.2) is 0 Å². The molecule has 0 radical (unpaired) electrons. The van der Waals surface area contributed by atoms with Gasteiger partial charge in [0.25, 0.3) is 0 Å². The smallest absolute Gasteiger partial charge is 0.237 e. The number of ether oxygens (including phenoxy) is 1. The molecule has 0 saturated carbocycles. The molecule has 0 aliphatic carbocycles. The first-order chi connectivity index (χ1) is 15.2. The third kappa shape index (κ3) is 5.29. The SMILES string of the molecule is CCC(Sc1nnnn1-c1ccccc1)C(=O)Nc1ccc(Oc2ccccc2)cc1. The molecule has 3 aromatic carbocycles. The highest BCUT2D eigenvalue weighted by Gasteiger charge is 2.22. The van der Waals surface area contributed by atoms with Crippen molar-refractivity contribution in [3.63, 3.8) is 0 Å². The number of hydrogen-bond donors (Lipinski definition) is 1. The summed E-state index contributed by atoms with van der Waals surface area (Å²) < 4.78 is 7.43. The summed E-state index contributed by atoms with van der Waals surface area (Å²) in [6.45, 7) is 1.96. The molecule has 0 aliphatic heterocycles. The monoisotopic (exact) mass is 431 g/mol. The molecule has 1 unspecified atom stereocenters. The standard InChI is InChI=1S/C23H21N5O2S/c1-2-21(31-23-25-26-27-28(23)18-9-5-3-6-10-18)22(29)24-17-13-15-20(16-14-17)30-19-11-7-4-8-12-19/h3-16,21H,2H2,1H3,(H,24,29). The minimum Gasteiger partial charge on any atom is -0.457 e. The third-order valence-corrected chi connectivity index (χ3v) is 5.75. The highest BCUT2D eigenvalue weighted by molar-refractivity contribution is 8.00. The summed E-state index contributed by atoms with van der Waals surface area (Å²) in [7, 11) is 0. The lowest BCUT2D eigenvalue weighted by atomic mass is 10.2. The van der Waals surface area contributed by atoms with Crippen LogP contribution in [0.2, 0.25) is 0 Å². The van der Waals surface area contributed by atoms with Crippen molar-refractivity contribution in [1.29, 1.82) is 0 Å². The predicted molar refractivity (Wildman–Crippen MR) is 121 cm³/mol. The van der Waals surface area contributed by atoms with Gasteiger partial charge in [-0.05, 0) is 65.4 Å². The van der Waals surface area contributed by atoms with E-state index in [1.807, 2.05) is 91.9 Å². The lowest BCUT2D eigenvalue weighted by molar-refractivity contribution is -0.115. The Morgan fingerprint density at radius 2 is 1.61 bits per heavy atom. The lowest BCUT2D eigenvalue weighted by Gasteiger charge is -2.14. The Bertz CT molecular complexity index is 1120. The van der Waals surface area contributed by atoms with Gasteiger partial charge in [-0.2, -0.15) is 4.68 Å². The van der Waals surface area contributed by atoms with Gasteiger partial charge in [0.1, 0.15) is 11.5 Å². The topological polar surface area (TPSA) is 81.9 Å². The quantitative estimate of drug-likeness (QED) is 0.397. The molecule has 1 N–H and O–H groups in total. The molecule has 1 aromatic heterocycles. The van der Waals surface area contributed by atoms with Crippen molar-refractivity contribution in [2.75, 3.05) is 5.32 Å². The Balaban J connectivity index is 1.40. The van der Waals surface area contributed by atoms with Crippen molar-refractivity contribution in [2.24, 2.45) is 0 Å². The number of carbonyl (C=O) groups excluding carboxylic acids is 1. The zero-order chi connectivity index (χ0) is 21.5. The first kappa shape index (κ1) is 20.6. The molecule has 0 fully saturated rings. The minimum absolute atomic E-state index is 0.105. The van der Waals surface area contributed by atoms with Gasteiger partial charge in [-0.1, -0.05) is 55.1 Å². The molecule has 8 heteroatoms. The fourth-order valence-electron chi connectivity index (χ4n) is 2.89. The van der Waals surface area contributed by atoms with Gasteiger partial charge < -0.3 is 10.1 Å². The van der Waals surface area contributed by atoms with E-state index in [2.05, 4.69) is 20.8 Å². The summed E-state index contributed by atoms with van der Waals surface area (Å²) in [6, 6.07) is 26.4. The predicted octanol–water partition coefficient (Wildman–Crippen LogP) is 4.96. The first-order valence-corrected chi connectivity index (χ1v) is 10.7. The Hall–Kier alpha value is -3.65. The van der Waals surface area contributed by atoms with Crippen molar-refractivity contribution in [2.45, 2.75) is 23.8 Å². The number of carbonyl (C=O) groups is 1. The maximum atomic E-state index is 12.9. The number of aromatic nitrogens is 4. The molecule has 4 aromatic rings. The van der Waals surface area contributed by atoms with Gasteiger partial charge in [-0.25, -0.2) is 0 Å². The third-order valence-electron chi connectivity index (χ3n) is 4.45. The van der Waals surface area contributed by atoms with E-state index >= 15 is 0 Å². The van der Waals surface area contributed by atoms with Crippen LogP contribution in [0.3, 0.4) is 0 Å². The second kappa shape index (κ2) is 9.90. The number of nitrogens with one attached hydrogen (secondary N) is 1. The normalized spacial score (nSPS) is 11.6. The fourth-order valence-corrected chi connectivity index (χ4v) is 3.80. The Kier molecular flexibility index (Phi) is 6.59. The number of rotatable bonds is 8. The molecular formula is C23H21N5O2S. The number of tetrazole rings is 1. The van der Waals surface area contributed by atoms with E-state index in [9.17, 15) is 4.79 Å². The average Bonchev–Trinajstić information content (AvgIpc) is 3.28. The van der Waals surface area contributed by atoms with E-state index in [0.717, 1.165) is 11.4 Å². The molecule has 1 heterocycles. The molecular weight excluding hydrogens is 410 g/mol. The molecule has 7 nitrogen and oxygen atoms in total. The van der Waals surface area contributed by atoms with Crippen LogP contribution in [0, 0.1) is 0 Å². The second-order valence-electron chi connectivity index (χ2n) is 6.65. The maximum Gasteiger partial charge on any atom is 0.237 e. The van der Waals surface area contributed by atoms with Crippen LogP contribution < -0.4 is 10.1 Å². The van der Waals surface area contributed by atoms with Gasteiger partial charge in [0, 0.05) is 5.69 Å². The van der Waals surface area contributed by atoms with E-state index in [4.69, 9.17) is 4.74 Å². The minimum atomic E-state index is -0.339. The Labute approximate surface area is 184 Å². The van der Waals surface area contributed by atoms with Gasteiger partial charge in [0.2, 0.25) is 11.1 Å². The van der Waals surface area contributed by atoms with Gasteiger partial charge in [-0.15, -0.1) is 5.10 Å². The number of anilines is 1. The lowest BCUT2D eigenvalue weighted by Crippen LogP contribution is -2.25. The molecule has 0 aliphatic rings. The van der Waals surface area contributed by atoms with E-state index in [0.29, 0.717) is 23.0 Å². The molecule has 0 saturated heterocycles. The van der Waals surface area contributed by atoms with Crippen molar-refractivity contribution < 1.29 is 9.53 Å². The number of nitrogens with zero attached hydrogens (tertiary/aromatic N) is 4. The van der Waals surface area contributed by atoms with Crippen LogP contribution in [0.1, 0.15) is 13.3 Å². The zero-order valence-corrected chi connectivity index (χ0v) is 17.7. The van der Waals surface area contributed by atoms with E-state index in [1.54, 1.807) is 4.68 Å². The largest absolute Gasteiger partial charge is 0.457 e. The number of benzene rings is 3. The summed E-state index contributed by atoms with van der Waals surface area (Å²) in [6.07, 6.45) is 0.632. The Morgan fingerprint density at radius 3 is 2.29 bits per heavy atom. The van der Waals surface area contributed by atoms with Crippen molar-refractivity contribution in [3.8, 4) is 17.2 Å². The van der Waals surface area contributed by atoms with Crippen LogP contribution >= 0.6 is 11.8 Å². The highest BCUT2D eigenvalue weighted by Crippen LogP contribution is 2.27. The molecule has 0 spiro atoms. The van der Waals surface area contributed by atoms with Crippen LogP contribution in [-0.4, -0.2) is 31.4 Å². The molecule has 1 amide bonds. The van der Waals surface area contributed by atoms with Crippen LogP contribution in [-0.2, 0) is 4.79 Å². The van der Waals surface area contributed by atoms with Gasteiger partial charge >= 0.3 is 0 Å². The molecule has 4 rings (SSSR count). The van der Waals surface area contributed by atoms with E-state index in [1.165, 1.54) is 11.8 Å². The number of amides is 1. The second-order valence-corrected chi connectivity index (χ2v) is 7.82. The number of hydrogen-bond acceptors (Lipinski definition) is 6. The fraction of sp³-hybridized carbons (Fsp3) is 0.130.